The summed E-state index contributed by atoms with van der Waals surface area (Å²) in [7, 11) is 0. The van der Waals surface area contributed by atoms with E-state index in [0.29, 0.717) is 27.2 Å². The van der Waals surface area contributed by atoms with Crippen LogP contribution in [0.25, 0.3) is 0 Å². The topological polar surface area (TPSA) is 109 Å². The zero-order chi connectivity index (χ0) is 15.4. The Kier molecular flexibility index (Phi) is 4.92. The zero-order valence-electron chi connectivity index (χ0n) is 11.2. The summed E-state index contributed by atoms with van der Waals surface area (Å²) < 4.78 is 1.53. The van der Waals surface area contributed by atoms with Gasteiger partial charge >= 0.3 is 5.69 Å². The molecule has 0 spiro atoms. The van der Waals surface area contributed by atoms with Crippen LogP contribution >= 0.6 is 23.4 Å². The van der Waals surface area contributed by atoms with Crippen LogP contribution in [0.2, 0.25) is 5.02 Å². The summed E-state index contributed by atoms with van der Waals surface area (Å²) in [4.78, 5) is 12.3. The third-order valence-electron chi connectivity index (χ3n) is 2.71. The first-order valence-electron chi connectivity index (χ1n) is 6.18. The molecule has 0 aliphatic carbocycles. The van der Waals surface area contributed by atoms with Gasteiger partial charge in [0.25, 0.3) is 0 Å². The molecule has 21 heavy (non-hydrogen) atoms. The maximum Gasteiger partial charge on any atom is 0.343 e. The highest BCUT2D eigenvalue weighted by molar-refractivity contribution is 7.99. The number of nitrogens with one attached hydrogen (secondary N) is 1. The summed E-state index contributed by atoms with van der Waals surface area (Å²) in [6.07, 6.45) is 0.801. The van der Waals surface area contributed by atoms with Gasteiger partial charge in [0.15, 0.2) is 11.0 Å². The van der Waals surface area contributed by atoms with E-state index in [4.69, 9.17) is 22.5 Å². The Bertz CT molecular complexity index is 725. The van der Waals surface area contributed by atoms with E-state index in [1.807, 2.05) is 6.92 Å². The molecule has 0 bridgehead atoms. The smallest absolute Gasteiger partial charge is 0.343 e. The Labute approximate surface area is 129 Å². The molecule has 7 nitrogen and oxygen atoms in total. The second kappa shape index (κ2) is 6.68. The number of halogens is 1. The Hall–Kier alpha value is -1.93. The minimum Gasteiger partial charge on any atom is -0.409 e. The predicted molar refractivity (Wildman–Crippen MR) is 81.2 cm³/mol. The van der Waals surface area contributed by atoms with Gasteiger partial charge in [0.2, 0.25) is 0 Å². The van der Waals surface area contributed by atoms with Crippen molar-refractivity contribution in [3.63, 3.8) is 0 Å². The normalized spacial score (nSPS) is 11.8. The molecule has 0 fully saturated rings. The van der Waals surface area contributed by atoms with E-state index in [-0.39, 0.29) is 11.5 Å². The summed E-state index contributed by atoms with van der Waals surface area (Å²) in [5.74, 6) is -0.0944. The van der Waals surface area contributed by atoms with Crippen LogP contribution in [0.4, 0.5) is 0 Å². The lowest BCUT2D eigenvalue weighted by Crippen LogP contribution is -2.17. The molecule has 1 heterocycles. The number of aromatic nitrogens is 3. The van der Waals surface area contributed by atoms with Crippen molar-refractivity contribution in [3.05, 3.63) is 39.3 Å². The Morgan fingerprint density at radius 3 is 3.05 bits per heavy atom. The number of nitrogens with two attached hydrogens (primary N) is 1. The molecule has 9 heteroatoms. The summed E-state index contributed by atoms with van der Waals surface area (Å²) in [5.41, 5.74) is 5.79. The first-order chi connectivity index (χ1) is 10.1. The molecular formula is C12H14ClN5O2S. The number of H-pyrrole nitrogens is 1. The fraction of sp³-hybridized carbons (Fsp3) is 0.250. The zero-order valence-corrected chi connectivity index (χ0v) is 12.8. The van der Waals surface area contributed by atoms with E-state index >= 15 is 0 Å². The summed E-state index contributed by atoms with van der Waals surface area (Å²) in [6, 6.07) is 5.15. The van der Waals surface area contributed by atoms with Crippen LogP contribution in [-0.4, -0.2) is 25.8 Å². The maximum absolute atomic E-state index is 11.7. The largest absolute Gasteiger partial charge is 0.409 e. The second-order valence-electron chi connectivity index (χ2n) is 4.16. The number of oxime groups is 1. The maximum atomic E-state index is 11.7. The highest BCUT2D eigenvalue weighted by Crippen LogP contribution is 2.32. The van der Waals surface area contributed by atoms with Crippen LogP contribution in [0.1, 0.15) is 18.9 Å². The number of benzene rings is 1. The molecule has 0 saturated carbocycles. The molecule has 1 aromatic carbocycles. The highest BCUT2D eigenvalue weighted by atomic mass is 35.5. The molecule has 0 saturated heterocycles. The third kappa shape index (κ3) is 3.22. The van der Waals surface area contributed by atoms with E-state index in [1.54, 1.807) is 18.2 Å². The number of hydrogen-bond acceptors (Lipinski definition) is 5. The Morgan fingerprint density at radius 2 is 2.38 bits per heavy atom. The molecule has 0 aliphatic heterocycles. The molecule has 2 rings (SSSR count). The number of rotatable bonds is 5. The molecule has 0 aliphatic rings. The van der Waals surface area contributed by atoms with Gasteiger partial charge in [-0.2, -0.15) is 0 Å². The van der Waals surface area contributed by atoms with Crippen LogP contribution in [0.3, 0.4) is 0 Å². The van der Waals surface area contributed by atoms with E-state index in [2.05, 4.69) is 15.4 Å². The van der Waals surface area contributed by atoms with Gasteiger partial charge in [0, 0.05) is 11.4 Å². The van der Waals surface area contributed by atoms with Crippen LogP contribution < -0.4 is 11.4 Å². The third-order valence-corrected chi connectivity index (χ3v) is 4.08. The van der Waals surface area contributed by atoms with Gasteiger partial charge in [-0.05, 0) is 30.3 Å². The van der Waals surface area contributed by atoms with Gasteiger partial charge < -0.3 is 10.9 Å². The first-order valence-corrected chi connectivity index (χ1v) is 7.37. The lowest BCUT2D eigenvalue weighted by molar-refractivity contribution is 0.318. The van der Waals surface area contributed by atoms with Gasteiger partial charge in [-0.25, -0.2) is 9.89 Å². The minimum atomic E-state index is -0.272. The van der Waals surface area contributed by atoms with Crippen LogP contribution in [0.5, 0.6) is 0 Å². The molecule has 0 unspecified atom stereocenters. The molecular weight excluding hydrogens is 314 g/mol. The molecule has 2 aromatic rings. The quantitative estimate of drug-likeness (QED) is 0.336. The lowest BCUT2D eigenvalue weighted by Gasteiger charge is -2.09. The average Bonchev–Trinajstić information content (AvgIpc) is 2.80. The molecule has 0 radical (unpaired) electrons. The molecule has 1 aromatic heterocycles. The first kappa shape index (κ1) is 15.5. The van der Waals surface area contributed by atoms with Crippen molar-refractivity contribution in [1.29, 1.82) is 0 Å². The van der Waals surface area contributed by atoms with Crippen LogP contribution in [-0.2, 0) is 6.54 Å². The van der Waals surface area contributed by atoms with Gasteiger partial charge in [0.1, 0.15) is 0 Å². The van der Waals surface area contributed by atoms with E-state index in [0.717, 1.165) is 6.42 Å². The molecule has 0 amide bonds. The Morgan fingerprint density at radius 1 is 1.62 bits per heavy atom. The van der Waals surface area contributed by atoms with E-state index < -0.39 is 0 Å². The monoisotopic (exact) mass is 327 g/mol. The van der Waals surface area contributed by atoms with E-state index in [1.165, 1.54) is 16.3 Å². The SMILES string of the molecule is CCCn1c(Sc2cccc(Cl)c2C(N)=NO)n[nH]c1=O. The fourth-order valence-corrected chi connectivity index (χ4v) is 3.15. The standard InChI is InChI=1S/C12H14ClN5O2S/c1-2-6-18-11(19)15-16-12(18)21-8-5-3-4-7(13)9(8)10(14)17-20/h3-5,20H,2,6H2,1H3,(H2,14,17)(H,15,19). The minimum absolute atomic E-state index is 0.0944. The second-order valence-corrected chi connectivity index (χ2v) is 5.58. The van der Waals surface area contributed by atoms with Gasteiger partial charge in [-0.1, -0.05) is 29.7 Å². The molecule has 0 atom stereocenters. The number of nitrogens with zero attached hydrogens (tertiary/aromatic N) is 3. The van der Waals surface area contributed by atoms with Gasteiger partial charge in [-0.3, -0.25) is 4.57 Å². The van der Waals surface area contributed by atoms with Crippen molar-refractivity contribution < 1.29 is 5.21 Å². The predicted octanol–water partition coefficient (Wildman–Crippen LogP) is 1.88. The van der Waals surface area contributed by atoms with Crippen molar-refractivity contribution in [1.82, 2.24) is 14.8 Å². The Balaban J connectivity index is 2.46. The fourth-order valence-electron chi connectivity index (χ4n) is 1.79. The summed E-state index contributed by atoms with van der Waals surface area (Å²) in [6.45, 7) is 2.52. The molecule has 4 N–H and O–H groups in total. The number of amidine groups is 1. The van der Waals surface area contributed by atoms with Crippen LogP contribution in [0.15, 0.2) is 38.2 Å². The van der Waals surface area contributed by atoms with Crippen LogP contribution in [0, 0.1) is 0 Å². The summed E-state index contributed by atoms with van der Waals surface area (Å²) in [5, 5.41) is 19.1. The van der Waals surface area contributed by atoms with E-state index in [9.17, 15) is 4.79 Å². The van der Waals surface area contributed by atoms with Crippen molar-refractivity contribution >= 4 is 29.2 Å². The average molecular weight is 328 g/mol. The summed E-state index contributed by atoms with van der Waals surface area (Å²) >= 11 is 7.32. The lowest BCUT2D eigenvalue weighted by atomic mass is 10.2. The van der Waals surface area contributed by atoms with Crippen molar-refractivity contribution in [2.75, 3.05) is 0 Å². The van der Waals surface area contributed by atoms with Crippen molar-refractivity contribution in [3.8, 4) is 0 Å². The molecule has 112 valence electrons. The van der Waals surface area contributed by atoms with Gasteiger partial charge in [0.05, 0.1) is 10.6 Å². The number of aromatic amines is 1. The van der Waals surface area contributed by atoms with Gasteiger partial charge in [-0.15, -0.1) is 5.10 Å². The van der Waals surface area contributed by atoms with Crippen molar-refractivity contribution in [2.45, 2.75) is 29.9 Å². The number of hydrogen-bond donors (Lipinski definition) is 3. The van der Waals surface area contributed by atoms with Crippen molar-refractivity contribution in [2.24, 2.45) is 10.9 Å². The highest BCUT2D eigenvalue weighted by Gasteiger charge is 2.16.